The summed E-state index contributed by atoms with van der Waals surface area (Å²) in [6.07, 6.45) is -14.7. The maximum absolute atomic E-state index is 11.6. The Morgan fingerprint density at radius 2 is 1.51 bits per heavy atom. The number of hydrogen-bond acceptors (Lipinski definition) is 16. The molecule has 1 spiro atoms. The molecule has 3 aliphatic heterocycles. The Balaban J connectivity index is 1.15. The summed E-state index contributed by atoms with van der Waals surface area (Å²) in [6.45, 7) is 9.86. The fourth-order valence-corrected chi connectivity index (χ4v) is 11.0. The summed E-state index contributed by atoms with van der Waals surface area (Å²) in [5.41, 5.74) is 0.326. The number of aliphatic hydroxyl groups is 9. The van der Waals surface area contributed by atoms with Gasteiger partial charge in [0.1, 0.15) is 61.0 Å². The molecule has 55 heavy (non-hydrogen) atoms. The molecule has 6 rings (SSSR count). The summed E-state index contributed by atoms with van der Waals surface area (Å²) in [5, 5.41) is 103. The van der Waals surface area contributed by atoms with E-state index in [9.17, 15) is 55.9 Å². The molecule has 0 unspecified atom stereocenters. The van der Waals surface area contributed by atoms with Gasteiger partial charge in [-0.15, -0.1) is 0 Å². The molecule has 0 radical (unpaired) electrons. The van der Waals surface area contributed by atoms with Gasteiger partial charge in [-0.2, -0.15) is 0 Å². The summed E-state index contributed by atoms with van der Waals surface area (Å²) in [7, 11) is 0. The molecule has 3 aliphatic carbocycles. The minimum absolute atomic E-state index is 0.0863. The average Bonchev–Trinajstić information content (AvgIpc) is 3.41. The van der Waals surface area contributed by atoms with E-state index in [0.717, 1.165) is 44.1 Å². The molecule has 10 N–H and O–H groups in total. The van der Waals surface area contributed by atoms with Crippen LogP contribution in [0.25, 0.3) is 0 Å². The van der Waals surface area contributed by atoms with Crippen LogP contribution in [0.3, 0.4) is 0 Å². The molecule has 0 aromatic rings. The normalized spacial score (nSPS) is 50.3. The predicted octanol–water partition coefficient (Wildman–Crippen LogP) is -1.24. The molecule has 20 atom stereocenters. The highest BCUT2D eigenvalue weighted by molar-refractivity contribution is 5.73. The number of carboxylic acids is 1. The Kier molecular flexibility index (Phi) is 12.8. The fourth-order valence-electron chi connectivity index (χ4n) is 11.0. The largest absolute Gasteiger partial charge is 0.479 e. The smallest absolute Gasteiger partial charge is 0.335 e. The van der Waals surface area contributed by atoms with Gasteiger partial charge in [-0.05, 0) is 78.6 Å². The molecule has 3 saturated heterocycles. The molecule has 2 saturated carbocycles. The van der Waals surface area contributed by atoms with Gasteiger partial charge in [0.25, 0.3) is 0 Å². The summed E-state index contributed by atoms with van der Waals surface area (Å²) in [4.78, 5) is 11.6. The second-order valence-electron chi connectivity index (χ2n) is 17.8. The van der Waals surface area contributed by atoms with Crippen molar-refractivity contribution in [1.29, 1.82) is 0 Å². The van der Waals surface area contributed by atoms with Crippen molar-refractivity contribution < 1.29 is 84.3 Å². The lowest BCUT2D eigenvalue weighted by Gasteiger charge is -2.61. The summed E-state index contributed by atoms with van der Waals surface area (Å²) >= 11 is 0. The molecule has 2 bridgehead atoms. The average molecular weight is 791 g/mol. The maximum atomic E-state index is 11.6. The highest BCUT2D eigenvalue weighted by atomic mass is 16.8. The van der Waals surface area contributed by atoms with E-state index in [0.29, 0.717) is 5.92 Å². The SMILES string of the molecule is CC[C@]1(C)[C@@H](C(C)(C)CO[C@@H]2O[C@H](CO)[C@@H](O)[C@H](O)[C@H]2O[C@@H]2O[C@@H](C)[C@H](O)[C@@H](O)[C@H]2O)CC[C@]23C=C(CO[C@@H]4O[C@H](C(=O)O)[C@@H](O)[C@H](O)[C@H]4O)[C@@H](CC[C@H]21)C3. The number of allylic oxidation sites excluding steroid dienone is 1. The van der Waals surface area contributed by atoms with Crippen molar-refractivity contribution in [1.82, 2.24) is 0 Å². The van der Waals surface area contributed by atoms with E-state index in [-0.39, 0.29) is 35.9 Å². The Bertz CT molecular complexity index is 1380. The first-order chi connectivity index (χ1) is 25.8. The lowest BCUT2D eigenvalue weighted by atomic mass is 9.44. The minimum atomic E-state index is -1.80. The van der Waals surface area contributed by atoms with Gasteiger partial charge in [0.15, 0.2) is 25.0 Å². The van der Waals surface area contributed by atoms with Crippen LogP contribution in [0.15, 0.2) is 11.6 Å². The van der Waals surface area contributed by atoms with Gasteiger partial charge in [-0.3, -0.25) is 0 Å². The Hall–Kier alpha value is -1.39. The Morgan fingerprint density at radius 3 is 2.16 bits per heavy atom. The lowest BCUT2D eigenvalue weighted by molar-refractivity contribution is -0.367. The van der Waals surface area contributed by atoms with Gasteiger partial charge in [-0.1, -0.05) is 40.2 Å². The molecule has 0 aromatic carbocycles. The monoisotopic (exact) mass is 790 g/mol. The van der Waals surface area contributed by atoms with Crippen LogP contribution in [-0.4, -0.2) is 169 Å². The van der Waals surface area contributed by atoms with Crippen LogP contribution in [0.4, 0.5) is 0 Å². The molecular formula is C38H62O17. The number of aliphatic hydroxyl groups excluding tert-OH is 9. The molecule has 0 aromatic heterocycles. The number of aliphatic carboxylic acids is 1. The Morgan fingerprint density at radius 1 is 0.836 bits per heavy atom. The van der Waals surface area contributed by atoms with E-state index in [2.05, 4.69) is 33.8 Å². The van der Waals surface area contributed by atoms with Crippen molar-refractivity contribution in [2.24, 2.45) is 34.0 Å². The first-order valence-corrected chi connectivity index (χ1v) is 19.6. The third-order valence-electron chi connectivity index (χ3n) is 14.1. The van der Waals surface area contributed by atoms with E-state index in [1.807, 2.05) is 0 Å². The second-order valence-corrected chi connectivity index (χ2v) is 17.8. The van der Waals surface area contributed by atoms with Crippen molar-refractivity contribution >= 4 is 5.97 Å². The van der Waals surface area contributed by atoms with Crippen molar-refractivity contribution in [3.8, 4) is 0 Å². The fraction of sp³-hybridized carbons (Fsp3) is 0.921. The topological polar surface area (TPSA) is 275 Å². The highest BCUT2D eigenvalue weighted by Crippen LogP contribution is 2.68. The number of carboxylic acid groups (broad SMARTS) is 1. The molecule has 6 aliphatic rings. The van der Waals surface area contributed by atoms with Crippen molar-refractivity contribution in [3.63, 3.8) is 0 Å². The van der Waals surface area contributed by atoms with Gasteiger partial charge in [-0.25, -0.2) is 4.79 Å². The van der Waals surface area contributed by atoms with Gasteiger partial charge in [0.05, 0.1) is 25.9 Å². The highest BCUT2D eigenvalue weighted by Gasteiger charge is 2.61. The summed E-state index contributed by atoms with van der Waals surface area (Å²) < 4.78 is 35.1. The quantitative estimate of drug-likeness (QED) is 0.104. The van der Waals surface area contributed by atoms with E-state index >= 15 is 0 Å². The van der Waals surface area contributed by atoms with Crippen LogP contribution in [0.2, 0.25) is 0 Å². The van der Waals surface area contributed by atoms with Crippen LogP contribution in [0, 0.1) is 34.0 Å². The zero-order chi connectivity index (χ0) is 40.4. The molecule has 316 valence electrons. The van der Waals surface area contributed by atoms with Crippen LogP contribution >= 0.6 is 0 Å². The predicted molar refractivity (Wildman–Crippen MR) is 187 cm³/mol. The zero-order valence-electron chi connectivity index (χ0n) is 32.2. The molecule has 17 nitrogen and oxygen atoms in total. The van der Waals surface area contributed by atoms with E-state index in [1.165, 1.54) is 6.92 Å². The first kappa shape index (κ1) is 43.2. The Labute approximate surface area is 320 Å². The van der Waals surface area contributed by atoms with E-state index in [1.54, 1.807) is 0 Å². The van der Waals surface area contributed by atoms with Crippen LogP contribution in [-0.2, 0) is 33.2 Å². The molecule has 17 heteroatoms. The molecule has 0 amide bonds. The van der Waals surface area contributed by atoms with E-state index < -0.39 is 110 Å². The number of carbonyl (C=O) groups is 1. The maximum Gasteiger partial charge on any atom is 0.335 e. The van der Waals surface area contributed by atoms with Gasteiger partial charge >= 0.3 is 5.97 Å². The van der Waals surface area contributed by atoms with Gasteiger partial charge < -0.3 is 79.5 Å². The van der Waals surface area contributed by atoms with Crippen LogP contribution in [0.1, 0.15) is 73.1 Å². The van der Waals surface area contributed by atoms with E-state index in [4.69, 9.17) is 28.4 Å². The molecular weight excluding hydrogens is 728 g/mol. The van der Waals surface area contributed by atoms with Crippen LogP contribution < -0.4 is 0 Å². The number of ether oxygens (including phenoxy) is 6. The number of fused-ring (bicyclic) bond motifs is 1. The second kappa shape index (κ2) is 16.3. The third-order valence-corrected chi connectivity index (χ3v) is 14.1. The van der Waals surface area contributed by atoms with Crippen molar-refractivity contribution in [2.75, 3.05) is 19.8 Å². The van der Waals surface area contributed by atoms with Crippen molar-refractivity contribution in [2.45, 2.75) is 165 Å². The first-order valence-electron chi connectivity index (χ1n) is 19.6. The van der Waals surface area contributed by atoms with Gasteiger partial charge in [0, 0.05) is 0 Å². The number of rotatable bonds is 12. The standard InChI is InChI=1S/C38H62O17/c1-6-37(5)20(9-10-38-11-17(7-8-21(37)38)18(12-38)14-50-33-28(46)25(43)27(45)30(54-33)32(48)49)36(3,4)15-51-35-31(26(44)23(41)19(13-39)53-35)55-34-29(47)24(42)22(40)16(2)52-34/h12,16-17,19-31,33-35,39-47H,6-11,13-15H2,1-5H3,(H,48,49)/t16-,17-,19+,20+,21-,22-,23+,24+,25-,26-,27-,28+,29+,30-,31+,33+,34-,35+,37+,38-/m0/s1. The third kappa shape index (κ3) is 7.78. The van der Waals surface area contributed by atoms with Crippen molar-refractivity contribution in [3.05, 3.63) is 11.6 Å². The summed E-state index contributed by atoms with van der Waals surface area (Å²) in [6, 6.07) is 0. The van der Waals surface area contributed by atoms with Gasteiger partial charge in [0.2, 0.25) is 0 Å². The van der Waals surface area contributed by atoms with Crippen LogP contribution in [0.5, 0.6) is 0 Å². The number of hydrogen-bond donors (Lipinski definition) is 10. The lowest BCUT2D eigenvalue weighted by Crippen LogP contribution is -2.64. The molecule has 3 heterocycles. The zero-order valence-corrected chi connectivity index (χ0v) is 32.2. The molecule has 5 fully saturated rings. The minimum Gasteiger partial charge on any atom is -0.479 e. The summed E-state index contributed by atoms with van der Waals surface area (Å²) in [5.74, 6) is -0.777.